The van der Waals surface area contributed by atoms with Gasteiger partial charge in [0, 0.05) is 31.4 Å². The van der Waals surface area contributed by atoms with E-state index in [1.807, 2.05) is 26.0 Å². The number of pyridine rings is 1. The molecule has 0 aliphatic carbocycles. The molecular weight excluding hydrogens is 330 g/mol. The second-order valence-corrected chi connectivity index (χ2v) is 5.87. The van der Waals surface area contributed by atoms with Crippen LogP contribution < -0.4 is 5.32 Å². The topological polar surface area (TPSA) is 79.6 Å². The molecular formula is C19H21N5O2. The molecule has 2 aromatic heterocycles. The summed E-state index contributed by atoms with van der Waals surface area (Å²) in [6.07, 6.45) is 3.24. The van der Waals surface area contributed by atoms with Gasteiger partial charge in [-0.3, -0.25) is 14.0 Å². The Morgan fingerprint density at radius 3 is 2.42 bits per heavy atom. The molecule has 3 aromatic rings. The van der Waals surface area contributed by atoms with Crippen LogP contribution in [0.5, 0.6) is 0 Å². The van der Waals surface area contributed by atoms with E-state index in [-0.39, 0.29) is 11.8 Å². The van der Waals surface area contributed by atoms with Crippen LogP contribution in [0, 0.1) is 0 Å². The van der Waals surface area contributed by atoms with Crippen LogP contribution in [0.25, 0.3) is 5.65 Å². The second-order valence-electron chi connectivity index (χ2n) is 5.87. The lowest BCUT2D eigenvalue weighted by atomic mass is 10.1. The van der Waals surface area contributed by atoms with Crippen molar-refractivity contribution in [1.82, 2.24) is 24.8 Å². The minimum absolute atomic E-state index is 0.0211. The van der Waals surface area contributed by atoms with Gasteiger partial charge < -0.3 is 10.2 Å². The Kier molecular flexibility index (Phi) is 5.26. The molecule has 134 valence electrons. The van der Waals surface area contributed by atoms with Crippen LogP contribution in [0.15, 0.2) is 48.9 Å². The van der Waals surface area contributed by atoms with E-state index in [1.54, 1.807) is 46.1 Å². The molecule has 0 radical (unpaired) electrons. The summed E-state index contributed by atoms with van der Waals surface area (Å²) in [5, 5.41) is 10.6. The average molecular weight is 351 g/mol. The number of nitrogens with one attached hydrogen (secondary N) is 1. The second kappa shape index (κ2) is 7.77. The van der Waals surface area contributed by atoms with Gasteiger partial charge in [-0.05, 0) is 43.7 Å². The van der Waals surface area contributed by atoms with Crippen molar-refractivity contribution >= 4 is 17.5 Å². The molecule has 3 rings (SSSR count). The van der Waals surface area contributed by atoms with E-state index >= 15 is 0 Å². The Hall–Kier alpha value is -3.22. The van der Waals surface area contributed by atoms with E-state index in [4.69, 9.17) is 0 Å². The van der Waals surface area contributed by atoms with Crippen molar-refractivity contribution in [2.45, 2.75) is 20.4 Å². The van der Waals surface area contributed by atoms with Gasteiger partial charge in [0.05, 0.1) is 5.56 Å². The van der Waals surface area contributed by atoms with Crippen molar-refractivity contribution in [3.63, 3.8) is 0 Å². The smallest absolute Gasteiger partial charge is 0.253 e. The van der Waals surface area contributed by atoms with Gasteiger partial charge in [-0.2, -0.15) is 0 Å². The fourth-order valence-electron chi connectivity index (χ4n) is 2.70. The zero-order chi connectivity index (χ0) is 18.5. The molecule has 0 saturated carbocycles. The number of nitrogens with zero attached hydrogens (tertiary/aromatic N) is 4. The van der Waals surface area contributed by atoms with Crippen molar-refractivity contribution in [3.05, 3.63) is 65.6 Å². The maximum atomic E-state index is 12.3. The minimum Gasteiger partial charge on any atom is -0.348 e. The van der Waals surface area contributed by atoms with Gasteiger partial charge >= 0.3 is 0 Å². The van der Waals surface area contributed by atoms with Crippen LogP contribution in [0.3, 0.4) is 0 Å². The van der Waals surface area contributed by atoms with Crippen LogP contribution in [-0.4, -0.2) is 44.4 Å². The SMILES string of the molecule is CCN(CC)C(=O)c1ccc(CNC(=O)c2ccc3nncn3c2)cc1. The van der Waals surface area contributed by atoms with E-state index in [0.717, 1.165) is 5.56 Å². The number of hydrogen-bond donors (Lipinski definition) is 1. The Morgan fingerprint density at radius 1 is 1.04 bits per heavy atom. The molecule has 0 atom stereocenters. The summed E-state index contributed by atoms with van der Waals surface area (Å²) in [6, 6.07) is 10.8. The fraction of sp³-hybridized carbons (Fsp3) is 0.263. The first kappa shape index (κ1) is 17.6. The molecule has 0 aliphatic heterocycles. The van der Waals surface area contributed by atoms with Crippen LogP contribution in [0.4, 0.5) is 0 Å². The van der Waals surface area contributed by atoms with Gasteiger partial charge in [0.1, 0.15) is 6.33 Å². The normalized spacial score (nSPS) is 10.7. The maximum Gasteiger partial charge on any atom is 0.253 e. The van der Waals surface area contributed by atoms with Crippen molar-refractivity contribution in [1.29, 1.82) is 0 Å². The third kappa shape index (κ3) is 3.72. The van der Waals surface area contributed by atoms with Gasteiger partial charge in [0.15, 0.2) is 5.65 Å². The third-order valence-electron chi connectivity index (χ3n) is 4.26. The highest BCUT2D eigenvalue weighted by molar-refractivity contribution is 5.95. The first-order valence-electron chi connectivity index (χ1n) is 8.58. The molecule has 0 saturated heterocycles. The Balaban J connectivity index is 1.62. The van der Waals surface area contributed by atoms with Crippen molar-refractivity contribution < 1.29 is 9.59 Å². The molecule has 7 nitrogen and oxygen atoms in total. The first-order valence-corrected chi connectivity index (χ1v) is 8.58. The summed E-state index contributed by atoms with van der Waals surface area (Å²) >= 11 is 0. The molecule has 7 heteroatoms. The summed E-state index contributed by atoms with van der Waals surface area (Å²) in [5.41, 5.74) is 2.81. The molecule has 26 heavy (non-hydrogen) atoms. The largest absolute Gasteiger partial charge is 0.348 e. The third-order valence-corrected chi connectivity index (χ3v) is 4.26. The standard InChI is InChI=1S/C19H21N5O2/c1-3-23(4-2)19(26)15-7-5-14(6-8-15)11-20-18(25)16-9-10-17-22-21-13-24(17)12-16/h5-10,12-13H,3-4,11H2,1-2H3,(H,20,25). The zero-order valence-corrected chi connectivity index (χ0v) is 14.8. The van der Waals surface area contributed by atoms with E-state index in [0.29, 0.717) is 36.4 Å². The first-order chi connectivity index (χ1) is 12.6. The van der Waals surface area contributed by atoms with Crippen LogP contribution in [0.1, 0.15) is 40.1 Å². The lowest BCUT2D eigenvalue weighted by Crippen LogP contribution is -2.30. The Morgan fingerprint density at radius 2 is 1.73 bits per heavy atom. The highest BCUT2D eigenvalue weighted by Gasteiger charge is 2.12. The number of carbonyl (C=O) groups excluding carboxylic acids is 2. The van der Waals surface area contributed by atoms with Crippen LogP contribution in [-0.2, 0) is 6.54 Å². The predicted octanol–water partition coefficient (Wildman–Crippen LogP) is 2.14. The Bertz CT molecular complexity index is 913. The van der Waals surface area contributed by atoms with Crippen molar-refractivity contribution in [2.24, 2.45) is 0 Å². The predicted molar refractivity (Wildman–Crippen MR) is 97.9 cm³/mol. The number of rotatable bonds is 6. The Labute approximate surface area is 151 Å². The molecule has 2 heterocycles. The summed E-state index contributed by atoms with van der Waals surface area (Å²) in [5.74, 6) is -0.156. The molecule has 0 unspecified atom stereocenters. The zero-order valence-electron chi connectivity index (χ0n) is 14.8. The van der Waals surface area contributed by atoms with E-state index < -0.39 is 0 Å². The van der Waals surface area contributed by atoms with Gasteiger partial charge in [0.2, 0.25) is 0 Å². The highest BCUT2D eigenvalue weighted by atomic mass is 16.2. The number of aromatic nitrogens is 3. The number of amides is 2. The van der Waals surface area contributed by atoms with E-state index in [9.17, 15) is 9.59 Å². The lowest BCUT2D eigenvalue weighted by molar-refractivity contribution is 0.0772. The van der Waals surface area contributed by atoms with E-state index in [1.165, 1.54) is 0 Å². The number of fused-ring (bicyclic) bond motifs is 1. The quantitative estimate of drug-likeness (QED) is 0.738. The summed E-state index contributed by atoms with van der Waals surface area (Å²) < 4.78 is 1.70. The molecule has 0 fully saturated rings. The number of carbonyl (C=O) groups is 2. The fourth-order valence-corrected chi connectivity index (χ4v) is 2.70. The van der Waals surface area contributed by atoms with Crippen molar-refractivity contribution in [2.75, 3.05) is 13.1 Å². The van der Waals surface area contributed by atoms with Gasteiger partial charge in [-0.1, -0.05) is 12.1 Å². The molecule has 0 spiro atoms. The average Bonchev–Trinajstić information content (AvgIpc) is 3.15. The monoisotopic (exact) mass is 351 g/mol. The lowest BCUT2D eigenvalue weighted by Gasteiger charge is -2.18. The van der Waals surface area contributed by atoms with E-state index in [2.05, 4.69) is 15.5 Å². The number of benzene rings is 1. The van der Waals surface area contributed by atoms with Crippen LogP contribution in [0.2, 0.25) is 0 Å². The summed E-state index contributed by atoms with van der Waals surface area (Å²) in [6.45, 7) is 5.68. The van der Waals surface area contributed by atoms with Crippen LogP contribution >= 0.6 is 0 Å². The number of hydrogen-bond acceptors (Lipinski definition) is 4. The maximum absolute atomic E-state index is 12.3. The van der Waals surface area contributed by atoms with Gasteiger partial charge in [0.25, 0.3) is 11.8 Å². The molecule has 1 N–H and O–H groups in total. The molecule has 2 amide bonds. The summed E-state index contributed by atoms with van der Waals surface area (Å²) in [4.78, 5) is 26.4. The van der Waals surface area contributed by atoms with Gasteiger partial charge in [-0.15, -0.1) is 10.2 Å². The highest BCUT2D eigenvalue weighted by Crippen LogP contribution is 2.09. The van der Waals surface area contributed by atoms with Gasteiger partial charge in [-0.25, -0.2) is 0 Å². The molecule has 0 bridgehead atoms. The summed E-state index contributed by atoms with van der Waals surface area (Å²) in [7, 11) is 0. The van der Waals surface area contributed by atoms with Crippen molar-refractivity contribution in [3.8, 4) is 0 Å². The molecule has 1 aromatic carbocycles. The molecule has 0 aliphatic rings. The minimum atomic E-state index is -0.177.